The topological polar surface area (TPSA) is 85.9 Å². The summed E-state index contributed by atoms with van der Waals surface area (Å²) in [6, 6.07) is 14.0. The van der Waals surface area contributed by atoms with Crippen LogP contribution in [0.3, 0.4) is 0 Å². The molecule has 0 saturated carbocycles. The lowest BCUT2D eigenvalue weighted by atomic mass is 9.97. The molecule has 35 heavy (non-hydrogen) atoms. The summed E-state index contributed by atoms with van der Waals surface area (Å²) in [5.41, 5.74) is 3.62. The summed E-state index contributed by atoms with van der Waals surface area (Å²) in [4.78, 5) is 20.0. The number of piperidine rings is 1. The van der Waals surface area contributed by atoms with Gasteiger partial charge in [-0.3, -0.25) is 0 Å². The molecule has 9 heteroatoms. The maximum atomic E-state index is 13.0. The van der Waals surface area contributed by atoms with Crippen molar-refractivity contribution < 1.29 is 14.3 Å². The van der Waals surface area contributed by atoms with Crippen LogP contribution in [-0.4, -0.2) is 56.9 Å². The molecule has 182 valence electrons. The number of pyridine rings is 1. The number of hydrogen-bond acceptors (Lipinski definition) is 5. The fourth-order valence-corrected chi connectivity index (χ4v) is 4.59. The van der Waals surface area contributed by atoms with E-state index in [-0.39, 0.29) is 11.9 Å². The summed E-state index contributed by atoms with van der Waals surface area (Å²) in [7, 11) is 1.67. The Morgan fingerprint density at radius 3 is 3.00 bits per heavy atom. The summed E-state index contributed by atoms with van der Waals surface area (Å²) >= 11 is 0. The van der Waals surface area contributed by atoms with Gasteiger partial charge in [0.2, 0.25) is 0 Å². The van der Waals surface area contributed by atoms with Crippen LogP contribution in [0.5, 0.6) is 5.75 Å². The normalized spacial score (nSPS) is 15.9. The first kappa shape index (κ1) is 22.9. The van der Waals surface area contributed by atoms with Crippen LogP contribution in [-0.2, 0) is 11.5 Å². The minimum absolute atomic E-state index is 0.125. The maximum Gasteiger partial charge on any atom is 0.321 e. The third-order valence-corrected chi connectivity index (χ3v) is 6.30. The molecule has 0 bridgehead atoms. The van der Waals surface area contributed by atoms with Crippen LogP contribution in [0, 0.1) is 0 Å². The Hall–Kier alpha value is -3.85. The Labute approximate surface area is 204 Å². The number of ether oxygens (including phenoxy) is 2. The molecular formula is C26H30N6O3. The van der Waals surface area contributed by atoms with Crippen LogP contribution in [0.15, 0.2) is 61.1 Å². The number of likely N-dealkylation sites (tertiary alicyclic amines) is 1. The molecule has 0 aliphatic carbocycles. The summed E-state index contributed by atoms with van der Waals surface area (Å²) in [5, 5.41) is 7.20. The Morgan fingerprint density at radius 2 is 2.14 bits per heavy atom. The van der Waals surface area contributed by atoms with Gasteiger partial charge in [-0.2, -0.15) is 5.10 Å². The zero-order chi connectivity index (χ0) is 24.2. The standard InChI is InChI=1S/C26H30N6O3/c1-3-35-18-31-17-21(15-27-31)28-26(33)30-12-7-9-20(16-30)25-29-24(23-11-4-5-13-32(23)25)19-8-6-10-22(14-19)34-2/h4-6,8,10-11,13-15,17,20H,3,7,9,12,16,18H2,1-2H3,(H,28,33)/t20-/m1/s1. The van der Waals surface area contributed by atoms with Crippen molar-refractivity contribution in [3.05, 3.63) is 66.9 Å². The van der Waals surface area contributed by atoms with Crippen LogP contribution in [0.25, 0.3) is 16.8 Å². The van der Waals surface area contributed by atoms with E-state index in [1.807, 2.05) is 54.4 Å². The number of methoxy groups -OCH3 is 1. The Bertz CT molecular complexity index is 1310. The van der Waals surface area contributed by atoms with E-state index >= 15 is 0 Å². The van der Waals surface area contributed by atoms with Gasteiger partial charge in [0, 0.05) is 37.4 Å². The first-order chi connectivity index (χ1) is 17.2. The first-order valence-electron chi connectivity index (χ1n) is 11.9. The molecule has 1 aliphatic rings. The lowest BCUT2D eigenvalue weighted by Gasteiger charge is -2.32. The number of urea groups is 1. The number of rotatable bonds is 7. The molecule has 9 nitrogen and oxygen atoms in total. The molecule has 1 N–H and O–H groups in total. The number of aromatic nitrogens is 4. The number of benzene rings is 1. The quantitative estimate of drug-likeness (QED) is 0.423. The maximum absolute atomic E-state index is 13.0. The summed E-state index contributed by atoms with van der Waals surface area (Å²) in [6.07, 6.45) is 7.35. The highest BCUT2D eigenvalue weighted by Gasteiger charge is 2.29. The number of imidazole rings is 1. The minimum Gasteiger partial charge on any atom is -0.497 e. The zero-order valence-electron chi connectivity index (χ0n) is 20.1. The third kappa shape index (κ3) is 4.85. The highest BCUT2D eigenvalue weighted by molar-refractivity contribution is 5.89. The molecule has 1 aromatic carbocycles. The largest absolute Gasteiger partial charge is 0.497 e. The molecule has 1 saturated heterocycles. The van der Waals surface area contributed by atoms with Crippen molar-refractivity contribution in [1.29, 1.82) is 0 Å². The van der Waals surface area contributed by atoms with E-state index in [1.54, 1.807) is 24.2 Å². The van der Waals surface area contributed by atoms with E-state index in [0.717, 1.165) is 41.2 Å². The Morgan fingerprint density at radius 1 is 1.23 bits per heavy atom. The van der Waals surface area contributed by atoms with Crippen molar-refractivity contribution in [2.45, 2.75) is 32.4 Å². The van der Waals surface area contributed by atoms with Gasteiger partial charge < -0.3 is 24.1 Å². The van der Waals surface area contributed by atoms with Crippen LogP contribution in [0.1, 0.15) is 31.5 Å². The van der Waals surface area contributed by atoms with E-state index in [4.69, 9.17) is 14.5 Å². The van der Waals surface area contributed by atoms with Crippen molar-refractivity contribution in [2.24, 2.45) is 0 Å². The summed E-state index contributed by atoms with van der Waals surface area (Å²) < 4.78 is 14.6. The molecule has 1 fully saturated rings. The van der Waals surface area contributed by atoms with E-state index in [9.17, 15) is 4.79 Å². The Kier molecular flexibility index (Phi) is 6.67. The molecule has 1 aliphatic heterocycles. The van der Waals surface area contributed by atoms with Gasteiger partial charge in [-0.1, -0.05) is 18.2 Å². The molecular weight excluding hydrogens is 444 g/mol. The van der Waals surface area contributed by atoms with Crippen molar-refractivity contribution >= 4 is 17.2 Å². The molecule has 2 amide bonds. The smallest absolute Gasteiger partial charge is 0.321 e. The van der Waals surface area contributed by atoms with Gasteiger partial charge in [-0.25, -0.2) is 14.5 Å². The van der Waals surface area contributed by atoms with Crippen molar-refractivity contribution in [3.8, 4) is 17.0 Å². The predicted molar refractivity (Wildman–Crippen MR) is 134 cm³/mol. The minimum atomic E-state index is -0.125. The fourth-order valence-electron chi connectivity index (χ4n) is 4.59. The number of anilines is 1. The van der Waals surface area contributed by atoms with Gasteiger partial charge >= 0.3 is 6.03 Å². The lowest BCUT2D eigenvalue weighted by Crippen LogP contribution is -2.42. The van der Waals surface area contributed by atoms with Gasteiger partial charge in [-0.15, -0.1) is 0 Å². The first-order valence-corrected chi connectivity index (χ1v) is 11.9. The van der Waals surface area contributed by atoms with Crippen molar-refractivity contribution in [1.82, 2.24) is 24.1 Å². The van der Waals surface area contributed by atoms with Gasteiger partial charge in [0.05, 0.1) is 36.4 Å². The Balaban J connectivity index is 1.36. The van der Waals surface area contributed by atoms with E-state index in [1.165, 1.54) is 0 Å². The van der Waals surface area contributed by atoms with Gasteiger partial charge in [-0.05, 0) is 44.0 Å². The van der Waals surface area contributed by atoms with Crippen LogP contribution in [0.2, 0.25) is 0 Å². The van der Waals surface area contributed by atoms with Gasteiger partial charge in [0.25, 0.3) is 0 Å². The SMILES string of the molecule is CCOCn1cc(NC(=O)N2CCC[C@@H](c3nc(-c4cccc(OC)c4)c4ccccn34)C2)cn1. The highest BCUT2D eigenvalue weighted by Crippen LogP contribution is 2.33. The number of fused-ring (bicyclic) bond motifs is 1. The number of nitrogens with zero attached hydrogens (tertiary/aromatic N) is 5. The second kappa shape index (κ2) is 10.2. The van der Waals surface area contributed by atoms with E-state index < -0.39 is 0 Å². The number of amides is 2. The monoisotopic (exact) mass is 474 g/mol. The lowest BCUT2D eigenvalue weighted by molar-refractivity contribution is 0.0792. The zero-order valence-corrected chi connectivity index (χ0v) is 20.1. The highest BCUT2D eigenvalue weighted by atomic mass is 16.5. The van der Waals surface area contributed by atoms with E-state index in [2.05, 4.69) is 20.9 Å². The molecule has 0 radical (unpaired) electrons. The molecule has 0 unspecified atom stereocenters. The van der Waals surface area contributed by atoms with Gasteiger partial charge in [0.15, 0.2) is 0 Å². The van der Waals surface area contributed by atoms with E-state index in [0.29, 0.717) is 32.1 Å². The number of carbonyl (C=O) groups is 1. The predicted octanol–water partition coefficient (Wildman–Crippen LogP) is 4.61. The van der Waals surface area contributed by atoms with Crippen molar-refractivity contribution in [2.75, 3.05) is 32.1 Å². The van der Waals surface area contributed by atoms with Crippen molar-refractivity contribution in [3.63, 3.8) is 0 Å². The molecule has 0 spiro atoms. The third-order valence-electron chi connectivity index (χ3n) is 6.30. The number of carbonyl (C=O) groups excluding carboxylic acids is 1. The molecule has 5 rings (SSSR count). The fraction of sp³-hybridized carbons (Fsp3) is 0.346. The van der Waals surface area contributed by atoms with Crippen LogP contribution < -0.4 is 10.1 Å². The average molecular weight is 475 g/mol. The van der Waals surface area contributed by atoms with Crippen LogP contribution in [0.4, 0.5) is 10.5 Å². The summed E-state index contributed by atoms with van der Waals surface area (Å²) in [5.74, 6) is 1.90. The van der Waals surface area contributed by atoms with Gasteiger partial charge in [0.1, 0.15) is 18.3 Å². The number of hydrogen-bond donors (Lipinski definition) is 1. The average Bonchev–Trinajstić information content (AvgIpc) is 3.52. The second-order valence-electron chi connectivity index (χ2n) is 8.61. The molecule has 3 aromatic heterocycles. The number of nitrogens with one attached hydrogen (secondary N) is 1. The molecule has 4 aromatic rings. The molecule has 4 heterocycles. The van der Waals surface area contributed by atoms with Crippen LogP contribution >= 0.6 is 0 Å². The molecule has 1 atom stereocenters. The second-order valence-corrected chi connectivity index (χ2v) is 8.61. The summed E-state index contributed by atoms with van der Waals surface area (Å²) in [6.45, 7) is 4.22.